The van der Waals surface area contributed by atoms with E-state index in [-0.39, 0.29) is 0 Å². The van der Waals surface area contributed by atoms with Crippen molar-refractivity contribution in [3.8, 4) is 0 Å². The van der Waals surface area contributed by atoms with Crippen molar-refractivity contribution in [1.29, 1.82) is 0 Å². The number of hydrogen-bond acceptors (Lipinski definition) is 2. The van der Waals surface area contributed by atoms with Crippen molar-refractivity contribution < 1.29 is 18.0 Å². The Bertz CT molecular complexity index is 765. The van der Waals surface area contributed by atoms with Crippen LogP contribution in [0.3, 0.4) is 0 Å². The van der Waals surface area contributed by atoms with E-state index in [4.69, 9.17) is 0 Å². The molecule has 0 radical (unpaired) electrons. The minimum Gasteiger partial charge on any atom is -0.355 e. The molecule has 0 saturated heterocycles. The predicted molar refractivity (Wildman–Crippen MR) is 88.5 cm³/mol. The molecule has 6 heteroatoms. The topological polar surface area (TPSA) is 41.1 Å². The van der Waals surface area contributed by atoms with Crippen LogP contribution >= 0.6 is 0 Å². The van der Waals surface area contributed by atoms with Gasteiger partial charge in [-0.05, 0) is 36.4 Å². The van der Waals surface area contributed by atoms with E-state index in [2.05, 4.69) is 23.8 Å². The molecule has 0 heterocycles. The molecular weight excluding hydrogens is 317 g/mol. The smallest absolute Gasteiger partial charge is 0.355 e. The third-order valence-electron chi connectivity index (χ3n) is 3.20. The fourth-order valence-corrected chi connectivity index (χ4v) is 2.02. The quantitative estimate of drug-likeness (QED) is 0.778. The molecule has 0 aliphatic rings. The van der Waals surface area contributed by atoms with E-state index < -0.39 is 17.6 Å². The van der Waals surface area contributed by atoms with Crippen molar-refractivity contribution in [3.63, 3.8) is 0 Å². The molecule has 0 aliphatic carbocycles. The van der Waals surface area contributed by atoms with E-state index in [1.165, 1.54) is 12.1 Å². The lowest BCUT2D eigenvalue weighted by atomic mass is 10.1. The summed E-state index contributed by atoms with van der Waals surface area (Å²) in [7, 11) is 0. The molecule has 0 saturated carbocycles. The molecule has 1 amide bonds. The van der Waals surface area contributed by atoms with Crippen LogP contribution in [0.2, 0.25) is 0 Å². The molecule has 0 spiro atoms. The molecule has 0 atom stereocenters. The van der Waals surface area contributed by atoms with Crippen LogP contribution in [0.25, 0.3) is 5.70 Å². The lowest BCUT2D eigenvalue weighted by molar-refractivity contribution is -0.137. The van der Waals surface area contributed by atoms with E-state index in [0.717, 1.165) is 18.2 Å². The first-order valence-electron chi connectivity index (χ1n) is 6.97. The summed E-state index contributed by atoms with van der Waals surface area (Å²) in [5, 5.41) is 5.58. The monoisotopic (exact) mass is 332 g/mol. The van der Waals surface area contributed by atoms with Gasteiger partial charge in [0.05, 0.1) is 5.56 Å². The van der Waals surface area contributed by atoms with Crippen LogP contribution in [0.15, 0.2) is 67.8 Å². The fourth-order valence-electron chi connectivity index (χ4n) is 2.02. The standard InChI is InChI=1S/C18H15F3N2O/c1-3-17(24)22-12(2)15-6-4-5-7-16(15)23-14-10-8-13(9-11-14)18(19,20)21/h3-11,23H,1-2H2,(H,22,24). The summed E-state index contributed by atoms with van der Waals surface area (Å²) in [5.74, 6) is -0.399. The molecule has 0 unspecified atom stereocenters. The number of para-hydroxylation sites is 1. The highest BCUT2D eigenvalue weighted by atomic mass is 19.4. The number of carbonyl (C=O) groups excluding carboxylic acids is 1. The van der Waals surface area contributed by atoms with Crippen molar-refractivity contribution in [2.45, 2.75) is 6.18 Å². The van der Waals surface area contributed by atoms with Gasteiger partial charge in [0.25, 0.3) is 0 Å². The Labute approximate surface area is 137 Å². The fraction of sp³-hybridized carbons (Fsp3) is 0.0556. The van der Waals surface area contributed by atoms with Gasteiger partial charge < -0.3 is 10.6 Å². The molecule has 0 aromatic heterocycles. The highest BCUT2D eigenvalue weighted by Gasteiger charge is 2.29. The van der Waals surface area contributed by atoms with Gasteiger partial charge in [-0.1, -0.05) is 31.4 Å². The third kappa shape index (κ3) is 4.25. The maximum atomic E-state index is 12.6. The average Bonchev–Trinajstić information content (AvgIpc) is 2.54. The van der Waals surface area contributed by atoms with Gasteiger partial charge in [0.1, 0.15) is 0 Å². The number of alkyl halides is 3. The Balaban J connectivity index is 2.23. The molecule has 24 heavy (non-hydrogen) atoms. The first-order chi connectivity index (χ1) is 11.3. The van der Waals surface area contributed by atoms with E-state index >= 15 is 0 Å². The first-order valence-corrected chi connectivity index (χ1v) is 6.97. The highest BCUT2D eigenvalue weighted by Crippen LogP contribution is 2.31. The number of benzene rings is 2. The van der Waals surface area contributed by atoms with Crippen molar-refractivity contribution in [3.05, 3.63) is 78.9 Å². The van der Waals surface area contributed by atoms with Crippen LogP contribution in [-0.2, 0) is 11.0 Å². The number of halogens is 3. The number of carbonyl (C=O) groups is 1. The second-order valence-electron chi connectivity index (χ2n) is 4.92. The molecule has 124 valence electrons. The minimum atomic E-state index is -4.38. The second-order valence-corrected chi connectivity index (χ2v) is 4.92. The van der Waals surface area contributed by atoms with Crippen LogP contribution < -0.4 is 10.6 Å². The van der Waals surface area contributed by atoms with Gasteiger partial charge in [-0.25, -0.2) is 0 Å². The number of anilines is 2. The van der Waals surface area contributed by atoms with Gasteiger partial charge in [0.15, 0.2) is 0 Å². The van der Waals surface area contributed by atoms with E-state index in [1.54, 1.807) is 24.3 Å². The maximum absolute atomic E-state index is 12.6. The highest BCUT2D eigenvalue weighted by molar-refractivity contribution is 5.95. The van der Waals surface area contributed by atoms with Crippen LogP contribution in [0, 0.1) is 0 Å². The normalized spacial score (nSPS) is 10.8. The number of hydrogen-bond donors (Lipinski definition) is 2. The number of amides is 1. The largest absolute Gasteiger partial charge is 0.416 e. The van der Waals surface area contributed by atoms with Crippen molar-refractivity contribution in [1.82, 2.24) is 5.32 Å². The van der Waals surface area contributed by atoms with Crippen molar-refractivity contribution >= 4 is 23.0 Å². The van der Waals surface area contributed by atoms with Gasteiger partial charge in [-0.3, -0.25) is 4.79 Å². The Hall–Kier alpha value is -3.02. The molecule has 2 aromatic rings. The summed E-state index contributed by atoms with van der Waals surface area (Å²) < 4.78 is 37.8. The molecule has 0 bridgehead atoms. The molecule has 2 aromatic carbocycles. The van der Waals surface area contributed by atoms with Gasteiger partial charge >= 0.3 is 6.18 Å². The SMILES string of the molecule is C=CC(=O)NC(=C)c1ccccc1Nc1ccc(C(F)(F)F)cc1. The Morgan fingerprint density at radius 3 is 2.25 bits per heavy atom. The summed E-state index contributed by atoms with van der Waals surface area (Å²) in [6.07, 6.45) is -3.25. The zero-order valence-electron chi connectivity index (χ0n) is 12.7. The summed E-state index contributed by atoms with van der Waals surface area (Å²) in [6.45, 7) is 7.16. The lowest BCUT2D eigenvalue weighted by Gasteiger charge is -2.15. The molecular formula is C18H15F3N2O. The van der Waals surface area contributed by atoms with Gasteiger partial charge in [-0.2, -0.15) is 13.2 Å². The summed E-state index contributed by atoms with van der Waals surface area (Å²) in [4.78, 5) is 11.4. The van der Waals surface area contributed by atoms with Crippen LogP contribution in [-0.4, -0.2) is 5.91 Å². The predicted octanol–water partition coefficient (Wildman–Crippen LogP) is 4.72. The van der Waals surface area contributed by atoms with Gasteiger partial charge in [0, 0.05) is 22.6 Å². The van der Waals surface area contributed by atoms with Gasteiger partial charge in [-0.15, -0.1) is 0 Å². The van der Waals surface area contributed by atoms with E-state index in [1.807, 2.05) is 0 Å². The molecule has 0 aliphatic heterocycles. The van der Waals surface area contributed by atoms with Crippen LogP contribution in [0.5, 0.6) is 0 Å². The summed E-state index contributed by atoms with van der Waals surface area (Å²) >= 11 is 0. The Morgan fingerprint density at radius 1 is 1.04 bits per heavy atom. The third-order valence-corrected chi connectivity index (χ3v) is 3.20. The van der Waals surface area contributed by atoms with Crippen LogP contribution in [0.1, 0.15) is 11.1 Å². The summed E-state index contributed by atoms with van der Waals surface area (Å²) in [5.41, 5.74) is 1.34. The second kappa shape index (κ2) is 7.04. The van der Waals surface area contributed by atoms with Crippen LogP contribution in [0.4, 0.5) is 24.5 Å². The average molecular weight is 332 g/mol. The van der Waals surface area contributed by atoms with E-state index in [0.29, 0.717) is 22.6 Å². The number of nitrogens with one attached hydrogen (secondary N) is 2. The van der Waals surface area contributed by atoms with Gasteiger partial charge in [0.2, 0.25) is 5.91 Å². The summed E-state index contributed by atoms with van der Waals surface area (Å²) in [6, 6.07) is 11.7. The zero-order valence-corrected chi connectivity index (χ0v) is 12.7. The Kier molecular flexibility index (Phi) is 5.08. The lowest BCUT2D eigenvalue weighted by Crippen LogP contribution is -2.18. The van der Waals surface area contributed by atoms with E-state index in [9.17, 15) is 18.0 Å². The minimum absolute atomic E-state index is 0.356. The zero-order chi connectivity index (χ0) is 17.7. The van der Waals surface area contributed by atoms with Crippen molar-refractivity contribution in [2.75, 3.05) is 5.32 Å². The van der Waals surface area contributed by atoms with Crippen molar-refractivity contribution in [2.24, 2.45) is 0 Å². The molecule has 3 nitrogen and oxygen atoms in total. The molecule has 2 rings (SSSR count). The molecule has 2 N–H and O–H groups in total. The number of rotatable bonds is 5. The first kappa shape index (κ1) is 17.3. The molecule has 0 fully saturated rings. The maximum Gasteiger partial charge on any atom is 0.416 e. The Morgan fingerprint density at radius 2 is 1.67 bits per heavy atom.